The van der Waals surface area contributed by atoms with E-state index in [0.29, 0.717) is 35.2 Å². The molecule has 3 rings (SSSR count). The zero-order valence-corrected chi connectivity index (χ0v) is 16.1. The van der Waals surface area contributed by atoms with Gasteiger partial charge < -0.3 is 14.8 Å². The number of methoxy groups -OCH3 is 1. The van der Waals surface area contributed by atoms with Gasteiger partial charge in [-0.05, 0) is 36.4 Å². The predicted octanol–water partition coefficient (Wildman–Crippen LogP) is 5.11. The van der Waals surface area contributed by atoms with Crippen molar-refractivity contribution in [1.82, 2.24) is 4.98 Å². The highest BCUT2D eigenvalue weighted by Crippen LogP contribution is 2.33. The number of halogens is 3. The third-order valence-corrected chi connectivity index (χ3v) is 4.73. The Labute approximate surface area is 169 Å². The molecule has 2 aromatic carbocycles. The number of rotatable bonds is 7. The molecule has 5 nitrogen and oxygen atoms in total. The second kappa shape index (κ2) is 9.06. The molecular weight excluding hydrogens is 405 g/mol. The van der Waals surface area contributed by atoms with Crippen molar-refractivity contribution >= 4 is 22.9 Å². The van der Waals surface area contributed by atoms with Crippen LogP contribution in [0.5, 0.6) is 5.75 Å². The summed E-state index contributed by atoms with van der Waals surface area (Å²) in [6.07, 6.45) is -4.44. The fraction of sp³-hybridized carbons (Fsp3) is 0.200. The molecule has 0 spiro atoms. The van der Waals surface area contributed by atoms with Crippen molar-refractivity contribution in [2.45, 2.75) is 6.18 Å². The summed E-state index contributed by atoms with van der Waals surface area (Å²) in [5.41, 5.74) is 0.219. The molecule has 3 aromatic rings. The number of benzene rings is 2. The maximum Gasteiger partial charge on any atom is 0.416 e. The van der Waals surface area contributed by atoms with E-state index in [1.165, 1.54) is 17.5 Å². The van der Waals surface area contributed by atoms with Crippen LogP contribution in [0, 0.1) is 0 Å². The highest BCUT2D eigenvalue weighted by molar-refractivity contribution is 7.13. The lowest BCUT2D eigenvalue weighted by atomic mass is 10.1. The van der Waals surface area contributed by atoms with Crippen LogP contribution in [0.25, 0.3) is 10.6 Å². The van der Waals surface area contributed by atoms with E-state index in [4.69, 9.17) is 9.47 Å². The SMILES string of the molecule is COCCOc1ccc(NC(=O)c2csc(-c3cccc(C(F)(F)F)c3)n2)cc1. The first-order valence-electron chi connectivity index (χ1n) is 8.53. The number of anilines is 1. The molecule has 0 aliphatic rings. The molecule has 0 unspecified atom stereocenters. The predicted molar refractivity (Wildman–Crippen MR) is 104 cm³/mol. The maximum absolute atomic E-state index is 12.9. The van der Waals surface area contributed by atoms with Gasteiger partial charge in [-0.3, -0.25) is 4.79 Å². The number of carbonyl (C=O) groups excluding carboxylic acids is 1. The molecule has 0 aliphatic carbocycles. The van der Waals surface area contributed by atoms with Crippen molar-refractivity contribution < 1.29 is 27.4 Å². The van der Waals surface area contributed by atoms with Crippen molar-refractivity contribution in [3.63, 3.8) is 0 Å². The molecular formula is C20H17F3N2O3S. The third kappa shape index (κ3) is 5.55. The molecule has 152 valence electrons. The lowest BCUT2D eigenvalue weighted by molar-refractivity contribution is -0.137. The zero-order chi connectivity index (χ0) is 20.9. The van der Waals surface area contributed by atoms with Gasteiger partial charge in [0.15, 0.2) is 0 Å². The summed E-state index contributed by atoms with van der Waals surface area (Å²) in [4.78, 5) is 16.6. The summed E-state index contributed by atoms with van der Waals surface area (Å²) in [5.74, 6) is 0.188. The van der Waals surface area contributed by atoms with Gasteiger partial charge in [-0.2, -0.15) is 13.2 Å². The number of hydrogen-bond donors (Lipinski definition) is 1. The monoisotopic (exact) mass is 422 g/mol. The lowest BCUT2D eigenvalue weighted by Crippen LogP contribution is -2.12. The molecule has 1 amide bonds. The summed E-state index contributed by atoms with van der Waals surface area (Å²) in [6.45, 7) is 0.885. The molecule has 0 radical (unpaired) electrons. The summed E-state index contributed by atoms with van der Waals surface area (Å²) >= 11 is 1.10. The van der Waals surface area contributed by atoms with Crippen molar-refractivity contribution in [1.29, 1.82) is 0 Å². The van der Waals surface area contributed by atoms with Crippen molar-refractivity contribution in [3.8, 4) is 16.3 Å². The minimum absolute atomic E-state index is 0.128. The van der Waals surface area contributed by atoms with E-state index in [-0.39, 0.29) is 5.69 Å². The Morgan fingerprint density at radius 1 is 1.14 bits per heavy atom. The quantitative estimate of drug-likeness (QED) is 0.538. The molecule has 29 heavy (non-hydrogen) atoms. The minimum atomic E-state index is -4.44. The minimum Gasteiger partial charge on any atom is -0.491 e. The summed E-state index contributed by atoms with van der Waals surface area (Å²) in [6, 6.07) is 11.6. The van der Waals surface area contributed by atoms with Crippen LogP contribution in [0.3, 0.4) is 0 Å². The molecule has 0 bridgehead atoms. The van der Waals surface area contributed by atoms with Gasteiger partial charge in [0, 0.05) is 23.7 Å². The summed E-state index contributed by atoms with van der Waals surface area (Å²) < 4.78 is 49.0. The highest BCUT2D eigenvalue weighted by Gasteiger charge is 2.30. The summed E-state index contributed by atoms with van der Waals surface area (Å²) in [5, 5.41) is 4.54. The fourth-order valence-electron chi connectivity index (χ4n) is 2.41. The fourth-order valence-corrected chi connectivity index (χ4v) is 3.21. The number of ether oxygens (including phenoxy) is 2. The molecule has 1 aromatic heterocycles. The Morgan fingerprint density at radius 3 is 2.59 bits per heavy atom. The van der Waals surface area contributed by atoms with Crippen LogP contribution >= 0.6 is 11.3 Å². The number of amides is 1. The maximum atomic E-state index is 12.9. The molecule has 9 heteroatoms. The van der Waals surface area contributed by atoms with E-state index in [9.17, 15) is 18.0 Å². The first-order valence-corrected chi connectivity index (χ1v) is 9.41. The Morgan fingerprint density at radius 2 is 1.90 bits per heavy atom. The van der Waals surface area contributed by atoms with Crippen LogP contribution in [0.15, 0.2) is 53.9 Å². The van der Waals surface area contributed by atoms with Gasteiger partial charge in [0.05, 0.1) is 12.2 Å². The van der Waals surface area contributed by atoms with Gasteiger partial charge in [-0.1, -0.05) is 12.1 Å². The lowest BCUT2D eigenvalue weighted by Gasteiger charge is -2.07. The average molecular weight is 422 g/mol. The average Bonchev–Trinajstić information content (AvgIpc) is 3.19. The molecule has 0 fully saturated rings. The zero-order valence-electron chi connectivity index (χ0n) is 15.3. The van der Waals surface area contributed by atoms with E-state index in [2.05, 4.69) is 10.3 Å². The Balaban J connectivity index is 1.67. The van der Waals surface area contributed by atoms with Gasteiger partial charge in [0.1, 0.15) is 23.1 Å². The number of aromatic nitrogens is 1. The van der Waals surface area contributed by atoms with E-state index in [1.807, 2.05) is 0 Å². The number of alkyl halides is 3. The number of carbonyl (C=O) groups is 1. The molecule has 0 saturated heterocycles. The third-order valence-electron chi connectivity index (χ3n) is 3.84. The number of nitrogens with one attached hydrogen (secondary N) is 1. The normalized spacial score (nSPS) is 11.3. The van der Waals surface area contributed by atoms with Gasteiger partial charge in [0.25, 0.3) is 5.91 Å². The topological polar surface area (TPSA) is 60.5 Å². The van der Waals surface area contributed by atoms with Crippen LogP contribution in [0.1, 0.15) is 16.1 Å². The first-order chi connectivity index (χ1) is 13.9. The second-order valence-electron chi connectivity index (χ2n) is 5.94. The van der Waals surface area contributed by atoms with Crippen LogP contribution in [0.4, 0.5) is 18.9 Å². The molecule has 0 atom stereocenters. The molecule has 1 heterocycles. The smallest absolute Gasteiger partial charge is 0.416 e. The molecule has 0 saturated carbocycles. The van der Waals surface area contributed by atoms with Crippen molar-refractivity contribution in [2.24, 2.45) is 0 Å². The highest BCUT2D eigenvalue weighted by atomic mass is 32.1. The number of thiazole rings is 1. The number of hydrogen-bond acceptors (Lipinski definition) is 5. The largest absolute Gasteiger partial charge is 0.491 e. The summed E-state index contributed by atoms with van der Waals surface area (Å²) in [7, 11) is 1.58. The van der Waals surface area contributed by atoms with Crippen LogP contribution in [0.2, 0.25) is 0 Å². The van der Waals surface area contributed by atoms with E-state index in [1.54, 1.807) is 31.4 Å². The molecule has 0 aliphatic heterocycles. The number of nitrogens with zero attached hydrogens (tertiary/aromatic N) is 1. The second-order valence-corrected chi connectivity index (χ2v) is 6.79. The Hall–Kier alpha value is -2.91. The van der Waals surface area contributed by atoms with Gasteiger partial charge in [-0.15, -0.1) is 11.3 Å². The van der Waals surface area contributed by atoms with E-state index < -0.39 is 17.6 Å². The first kappa shape index (κ1) is 20.8. The van der Waals surface area contributed by atoms with Crippen LogP contribution < -0.4 is 10.1 Å². The standard InChI is InChI=1S/C20H17F3N2O3S/c1-27-9-10-28-16-7-5-15(6-8-16)24-18(26)17-12-29-19(25-17)13-3-2-4-14(11-13)20(21,22)23/h2-8,11-12H,9-10H2,1H3,(H,24,26). The van der Waals surface area contributed by atoms with E-state index >= 15 is 0 Å². The van der Waals surface area contributed by atoms with Gasteiger partial charge in [-0.25, -0.2) is 4.98 Å². The molecule has 1 N–H and O–H groups in total. The van der Waals surface area contributed by atoms with Crippen LogP contribution in [-0.4, -0.2) is 31.2 Å². The van der Waals surface area contributed by atoms with E-state index in [0.717, 1.165) is 23.5 Å². The van der Waals surface area contributed by atoms with Gasteiger partial charge in [0.2, 0.25) is 0 Å². The van der Waals surface area contributed by atoms with Crippen molar-refractivity contribution in [3.05, 3.63) is 65.2 Å². The van der Waals surface area contributed by atoms with Gasteiger partial charge >= 0.3 is 6.18 Å². The van der Waals surface area contributed by atoms with Crippen molar-refractivity contribution in [2.75, 3.05) is 25.6 Å². The Kier molecular flexibility index (Phi) is 6.50. The Bertz CT molecular complexity index is 972. The van der Waals surface area contributed by atoms with Crippen LogP contribution in [-0.2, 0) is 10.9 Å².